The molecule has 0 saturated heterocycles. The molecule has 2 atom stereocenters. The Morgan fingerprint density at radius 2 is 1.57 bits per heavy atom. The van der Waals surface area contributed by atoms with Crippen molar-refractivity contribution >= 4 is 35.4 Å². The summed E-state index contributed by atoms with van der Waals surface area (Å²) in [5.41, 5.74) is 2.23. The first-order valence-electron chi connectivity index (χ1n) is 12.8. The monoisotopic (exact) mass is 654 g/mol. The highest BCUT2D eigenvalue weighted by Gasteiger charge is 2.57. The molecule has 13 nitrogen and oxygen atoms in total. The summed E-state index contributed by atoms with van der Waals surface area (Å²) in [7, 11) is 0. The zero-order valence-electron chi connectivity index (χ0n) is 23.3. The number of carboxylic acid groups (broad SMARTS) is 1. The van der Waals surface area contributed by atoms with Crippen LogP contribution >= 0.6 is 0 Å². The fraction of sp³-hybridized carbons (Fsp3) is 0.214. The number of alkyl carbamates (subject to hydrolysis) is 1. The number of non-ortho nitro benzene ring substituents is 1. The van der Waals surface area contributed by atoms with Gasteiger partial charge in [0.15, 0.2) is 6.10 Å². The Morgan fingerprint density at radius 1 is 0.978 bits per heavy atom. The predicted octanol–water partition coefficient (Wildman–Crippen LogP) is 5.43. The molecule has 46 heavy (non-hydrogen) atoms. The number of hydrogen-bond donors (Lipinski definition) is 4. The Balaban J connectivity index is 0.000000370. The number of nitrogens with zero attached hydrogens (tertiary/aromatic N) is 1. The maximum Gasteiger partial charge on any atom is 0.511 e. The van der Waals surface area contributed by atoms with Gasteiger partial charge in [-0.1, -0.05) is 42.5 Å². The smallest absolute Gasteiger partial charge is 0.449 e. The lowest BCUT2D eigenvalue weighted by Gasteiger charge is -2.22. The largest absolute Gasteiger partial charge is 0.511 e. The SMILES string of the molecule is C[C@H](OC(=O)NCC(F)(F)C(F)(F)F)C(=O)N[C@@H]1C(=O)Nc2ccccc2-c2ccccc21.O=C(O)Oc1ccc([N+](=O)[O-])cc1. The first-order chi connectivity index (χ1) is 21.5. The van der Waals surface area contributed by atoms with Crippen molar-refractivity contribution in [2.24, 2.45) is 0 Å². The average Bonchev–Trinajstić information content (AvgIpc) is 3.10. The van der Waals surface area contributed by atoms with Gasteiger partial charge in [-0.3, -0.25) is 19.7 Å². The van der Waals surface area contributed by atoms with Crippen molar-refractivity contribution < 1.29 is 60.6 Å². The van der Waals surface area contributed by atoms with Crippen LogP contribution in [-0.2, 0) is 14.3 Å². The van der Waals surface area contributed by atoms with Gasteiger partial charge in [-0.15, -0.1) is 0 Å². The van der Waals surface area contributed by atoms with Crippen LogP contribution in [0.4, 0.5) is 42.9 Å². The molecule has 3 aromatic carbocycles. The summed E-state index contributed by atoms with van der Waals surface area (Å²) in [6, 6.07) is 17.3. The van der Waals surface area contributed by atoms with E-state index in [2.05, 4.69) is 20.1 Å². The van der Waals surface area contributed by atoms with Crippen molar-refractivity contribution in [1.82, 2.24) is 10.6 Å². The number of nitro benzene ring substituents is 1. The Labute approximate surface area is 255 Å². The third-order valence-electron chi connectivity index (χ3n) is 6.07. The number of ether oxygens (including phenoxy) is 2. The Hall–Kier alpha value is -5.81. The van der Waals surface area contributed by atoms with E-state index in [4.69, 9.17) is 5.11 Å². The fourth-order valence-electron chi connectivity index (χ4n) is 3.85. The molecule has 244 valence electrons. The molecule has 0 aromatic heterocycles. The van der Waals surface area contributed by atoms with Crippen molar-refractivity contribution in [2.75, 3.05) is 11.9 Å². The number of amides is 3. The van der Waals surface area contributed by atoms with E-state index in [1.165, 1.54) is 17.4 Å². The zero-order valence-corrected chi connectivity index (χ0v) is 23.3. The van der Waals surface area contributed by atoms with Crippen LogP contribution < -0.4 is 20.7 Å². The summed E-state index contributed by atoms with van der Waals surface area (Å²) in [5, 5.41) is 24.8. The molecule has 3 aromatic rings. The molecule has 18 heteroatoms. The molecule has 0 bridgehead atoms. The van der Waals surface area contributed by atoms with Crippen LogP contribution in [0.1, 0.15) is 18.5 Å². The van der Waals surface area contributed by atoms with Crippen LogP contribution in [0, 0.1) is 10.1 Å². The van der Waals surface area contributed by atoms with Gasteiger partial charge in [0.1, 0.15) is 11.8 Å². The highest BCUT2D eigenvalue weighted by Crippen LogP contribution is 2.37. The maximum absolute atomic E-state index is 12.9. The normalized spacial score (nSPS) is 14.4. The lowest BCUT2D eigenvalue weighted by atomic mass is 9.95. The zero-order chi connectivity index (χ0) is 34.2. The molecule has 0 saturated carbocycles. The second-order valence-corrected chi connectivity index (χ2v) is 9.29. The van der Waals surface area contributed by atoms with Gasteiger partial charge in [-0.05, 0) is 36.2 Å². The predicted molar refractivity (Wildman–Crippen MR) is 148 cm³/mol. The van der Waals surface area contributed by atoms with Crippen molar-refractivity contribution in [1.29, 1.82) is 0 Å². The number of fused-ring (bicyclic) bond motifs is 3. The van der Waals surface area contributed by atoms with Gasteiger partial charge in [-0.25, -0.2) is 9.59 Å². The van der Waals surface area contributed by atoms with Gasteiger partial charge < -0.3 is 30.5 Å². The van der Waals surface area contributed by atoms with Gasteiger partial charge in [0.05, 0.1) is 11.5 Å². The summed E-state index contributed by atoms with van der Waals surface area (Å²) in [6.45, 7) is -0.980. The van der Waals surface area contributed by atoms with Gasteiger partial charge in [0.25, 0.3) is 17.5 Å². The molecule has 0 spiro atoms. The Morgan fingerprint density at radius 3 is 2.15 bits per heavy atom. The van der Waals surface area contributed by atoms with E-state index in [-0.39, 0.29) is 11.4 Å². The van der Waals surface area contributed by atoms with E-state index in [1.807, 2.05) is 0 Å². The molecule has 0 aliphatic carbocycles. The minimum absolute atomic E-state index is 0.0538. The average molecular weight is 655 g/mol. The summed E-state index contributed by atoms with van der Waals surface area (Å²) in [4.78, 5) is 56.5. The van der Waals surface area contributed by atoms with Crippen LogP contribution in [0.5, 0.6) is 5.75 Å². The summed E-state index contributed by atoms with van der Waals surface area (Å²) < 4.78 is 71.2. The second kappa shape index (κ2) is 14.3. The molecule has 3 amide bonds. The van der Waals surface area contributed by atoms with E-state index in [9.17, 15) is 51.2 Å². The molecule has 0 fully saturated rings. The lowest BCUT2D eigenvalue weighted by Crippen LogP contribution is -2.48. The molecular weight excluding hydrogens is 631 g/mol. The standard InChI is InChI=1S/C21H18F5N3O4.C7H5NO5/c1-11(33-19(32)27-10-20(22,23)21(24,25)26)17(30)29-16-14-8-3-2-6-12(14)13-7-4-5-9-15(13)28-18(16)31;9-7(10)13-6-3-1-5(2-4-6)8(11)12/h2-9,11,16H,10H2,1H3,(H,27,32)(H,28,31)(H,29,30);1-4H,(H,9,10)/t11-,16-;/m0./s1. The highest BCUT2D eigenvalue weighted by atomic mass is 19.4. The number of alkyl halides is 5. The first-order valence-corrected chi connectivity index (χ1v) is 12.8. The second-order valence-electron chi connectivity index (χ2n) is 9.29. The van der Waals surface area contributed by atoms with E-state index in [0.717, 1.165) is 19.1 Å². The van der Waals surface area contributed by atoms with Crippen LogP contribution in [-0.4, -0.2) is 58.8 Å². The van der Waals surface area contributed by atoms with Crippen molar-refractivity contribution in [3.05, 3.63) is 88.5 Å². The summed E-state index contributed by atoms with van der Waals surface area (Å²) >= 11 is 0. The number of anilines is 1. The van der Waals surface area contributed by atoms with Crippen LogP contribution in [0.15, 0.2) is 72.8 Å². The number of rotatable bonds is 7. The number of benzene rings is 3. The van der Waals surface area contributed by atoms with E-state index in [0.29, 0.717) is 22.4 Å². The Kier molecular flexibility index (Phi) is 10.8. The number of carbonyl (C=O) groups excluding carboxylic acids is 3. The molecule has 4 rings (SSSR count). The van der Waals surface area contributed by atoms with Gasteiger partial charge in [-0.2, -0.15) is 22.0 Å². The first kappa shape index (κ1) is 34.7. The topological polar surface area (TPSA) is 186 Å². The molecule has 1 aliphatic heterocycles. The van der Waals surface area contributed by atoms with Gasteiger partial charge in [0.2, 0.25) is 0 Å². The third-order valence-corrected chi connectivity index (χ3v) is 6.07. The van der Waals surface area contributed by atoms with E-state index < -0.39 is 59.8 Å². The molecule has 1 aliphatic rings. The number of halogens is 5. The number of hydrogen-bond acceptors (Lipinski definition) is 8. The third kappa shape index (κ3) is 8.87. The molecule has 0 radical (unpaired) electrons. The van der Waals surface area contributed by atoms with Crippen molar-refractivity contribution in [3.8, 4) is 16.9 Å². The van der Waals surface area contributed by atoms with Gasteiger partial charge in [0, 0.05) is 23.4 Å². The van der Waals surface area contributed by atoms with Gasteiger partial charge >= 0.3 is 24.3 Å². The molecule has 1 heterocycles. The maximum atomic E-state index is 12.9. The van der Waals surface area contributed by atoms with Crippen molar-refractivity contribution in [2.45, 2.75) is 31.2 Å². The highest BCUT2D eigenvalue weighted by molar-refractivity contribution is 6.04. The minimum atomic E-state index is -5.86. The molecule has 4 N–H and O–H groups in total. The van der Waals surface area contributed by atoms with E-state index in [1.54, 1.807) is 48.5 Å². The molecular formula is C28H23F5N4O9. The summed E-state index contributed by atoms with van der Waals surface area (Å²) in [6.07, 6.45) is -10.6. The van der Waals surface area contributed by atoms with Crippen molar-refractivity contribution in [3.63, 3.8) is 0 Å². The number of nitro groups is 1. The van der Waals surface area contributed by atoms with E-state index >= 15 is 0 Å². The Bertz CT molecular complexity index is 1620. The minimum Gasteiger partial charge on any atom is -0.449 e. The quantitative estimate of drug-likeness (QED) is 0.0848. The number of nitrogens with one attached hydrogen (secondary N) is 3. The fourth-order valence-corrected chi connectivity index (χ4v) is 3.85. The molecule has 0 unspecified atom stereocenters. The number of para-hydroxylation sites is 1. The van der Waals surface area contributed by atoms with Crippen LogP contribution in [0.2, 0.25) is 0 Å². The number of carbonyl (C=O) groups is 4. The lowest BCUT2D eigenvalue weighted by molar-refractivity contribution is -0.384. The summed E-state index contributed by atoms with van der Waals surface area (Å²) in [5.74, 6) is -6.66. The van der Waals surface area contributed by atoms with Crippen LogP contribution in [0.25, 0.3) is 11.1 Å². The van der Waals surface area contributed by atoms with Crippen LogP contribution in [0.3, 0.4) is 0 Å².